The van der Waals surface area contributed by atoms with Crippen LogP contribution in [0.2, 0.25) is 0 Å². The van der Waals surface area contributed by atoms with Crippen LogP contribution in [0, 0.1) is 0 Å². The Hall–Kier alpha value is -1.95. The highest BCUT2D eigenvalue weighted by Gasteiger charge is 2.23. The number of likely N-dealkylation sites (N-methyl/N-ethyl adjacent to an activating group) is 1. The number of rotatable bonds is 6. The van der Waals surface area contributed by atoms with Gasteiger partial charge in [0.1, 0.15) is 5.75 Å². The number of amides is 1. The van der Waals surface area contributed by atoms with Crippen molar-refractivity contribution in [1.82, 2.24) is 10.2 Å². The predicted molar refractivity (Wildman–Crippen MR) is 76.6 cm³/mol. The van der Waals surface area contributed by atoms with Crippen LogP contribution >= 0.6 is 0 Å². The van der Waals surface area contributed by atoms with Crippen molar-refractivity contribution in [2.24, 2.45) is 0 Å². The first-order valence-electron chi connectivity index (χ1n) is 7.12. The van der Waals surface area contributed by atoms with Gasteiger partial charge >= 0.3 is 0 Å². The van der Waals surface area contributed by atoms with Crippen LogP contribution in [0.25, 0.3) is 0 Å². The Kier molecular flexibility index (Phi) is 3.88. The number of hydrogen-bond acceptors (Lipinski definition) is 5. The molecule has 1 fully saturated rings. The molecule has 1 heterocycles. The van der Waals surface area contributed by atoms with Crippen LogP contribution in [0.3, 0.4) is 0 Å². The molecule has 114 valence electrons. The number of nitrogens with one attached hydrogen (secondary N) is 1. The number of fused-ring (bicyclic) bond motifs is 1. The monoisotopic (exact) mass is 292 g/mol. The fraction of sp³-hybridized carbons (Fsp3) is 0.533. The van der Waals surface area contributed by atoms with E-state index in [2.05, 4.69) is 5.32 Å². The molecule has 0 saturated heterocycles. The number of carbonyl (C=O) groups excluding carboxylic acids is 1. The van der Waals surface area contributed by atoms with Gasteiger partial charge in [-0.3, -0.25) is 4.79 Å². The lowest BCUT2D eigenvalue weighted by Gasteiger charge is -2.15. The largest absolute Gasteiger partial charge is 0.483 e. The van der Waals surface area contributed by atoms with E-state index in [0.717, 1.165) is 11.3 Å². The minimum Gasteiger partial charge on any atom is -0.483 e. The molecule has 1 aromatic carbocycles. The molecule has 6 nitrogen and oxygen atoms in total. The summed E-state index contributed by atoms with van der Waals surface area (Å²) in [7, 11) is 3.42. The van der Waals surface area contributed by atoms with E-state index in [1.165, 1.54) is 17.7 Å². The Labute approximate surface area is 124 Å². The van der Waals surface area contributed by atoms with Crippen molar-refractivity contribution in [2.45, 2.75) is 25.4 Å². The fourth-order valence-electron chi connectivity index (χ4n) is 2.05. The first kappa shape index (κ1) is 14.0. The highest BCUT2D eigenvalue weighted by atomic mass is 16.7. The summed E-state index contributed by atoms with van der Waals surface area (Å²) in [6.07, 6.45) is 2.44. The zero-order valence-corrected chi connectivity index (χ0v) is 12.3. The highest BCUT2D eigenvalue weighted by Crippen LogP contribution is 2.38. The van der Waals surface area contributed by atoms with Gasteiger partial charge in [0.15, 0.2) is 18.1 Å². The van der Waals surface area contributed by atoms with Crippen molar-refractivity contribution in [1.29, 1.82) is 0 Å². The average Bonchev–Trinajstić information content (AvgIpc) is 3.18. The maximum atomic E-state index is 11.7. The van der Waals surface area contributed by atoms with Gasteiger partial charge < -0.3 is 24.4 Å². The Morgan fingerprint density at radius 2 is 2.05 bits per heavy atom. The molecule has 21 heavy (non-hydrogen) atoms. The number of benzene rings is 1. The molecule has 6 heteroatoms. The van der Waals surface area contributed by atoms with Gasteiger partial charge in [-0.2, -0.15) is 0 Å². The summed E-state index contributed by atoms with van der Waals surface area (Å²) in [5.41, 5.74) is 0.984. The zero-order valence-electron chi connectivity index (χ0n) is 12.3. The van der Waals surface area contributed by atoms with Crippen LogP contribution in [-0.4, -0.2) is 44.3 Å². The molecule has 1 saturated carbocycles. The summed E-state index contributed by atoms with van der Waals surface area (Å²) in [6.45, 7) is 0.945. The van der Waals surface area contributed by atoms with Gasteiger partial charge in [-0.15, -0.1) is 0 Å². The number of ether oxygens (including phenoxy) is 3. The second kappa shape index (κ2) is 5.81. The molecular weight excluding hydrogens is 272 g/mol. The first-order chi connectivity index (χ1) is 10.1. The summed E-state index contributed by atoms with van der Waals surface area (Å²) in [5, 5.41) is 3.44. The van der Waals surface area contributed by atoms with E-state index in [-0.39, 0.29) is 19.3 Å². The van der Waals surface area contributed by atoms with Gasteiger partial charge in [0.25, 0.3) is 5.91 Å². The normalized spacial score (nSPS) is 15.9. The lowest BCUT2D eigenvalue weighted by Crippen LogP contribution is -2.28. The summed E-state index contributed by atoms with van der Waals surface area (Å²) >= 11 is 0. The van der Waals surface area contributed by atoms with Gasteiger partial charge in [0, 0.05) is 38.3 Å². The molecular formula is C15H20N2O4. The zero-order chi connectivity index (χ0) is 14.8. The van der Waals surface area contributed by atoms with Crippen molar-refractivity contribution in [3.05, 3.63) is 17.7 Å². The van der Waals surface area contributed by atoms with E-state index in [4.69, 9.17) is 14.2 Å². The molecule has 0 spiro atoms. The van der Waals surface area contributed by atoms with Crippen LogP contribution in [-0.2, 0) is 11.3 Å². The smallest absolute Gasteiger partial charge is 0.259 e. The fourth-order valence-corrected chi connectivity index (χ4v) is 2.05. The van der Waals surface area contributed by atoms with Gasteiger partial charge in [-0.05, 0) is 18.9 Å². The van der Waals surface area contributed by atoms with Crippen molar-refractivity contribution in [3.63, 3.8) is 0 Å². The quantitative estimate of drug-likeness (QED) is 0.852. The molecule has 0 unspecified atom stereocenters. The topological polar surface area (TPSA) is 60.0 Å². The van der Waals surface area contributed by atoms with Gasteiger partial charge in [-0.1, -0.05) is 0 Å². The molecule has 1 N–H and O–H groups in total. The van der Waals surface area contributed by atoms with E-state index in [1.807, 2.05) is 6.07 Å². The molecule has 0 bridgehead atoms. The molecule has 2 aliphatic rings. The van der Waals surface area contributed by atoms with Crippen LogP contribution in [0.4, 0.5) is 0 Å². The van der Waals surface area contributed by atoms with E-state index in [9.17, 15) is 4.79 Å². The predicted octanol–water partition coefficient (Wildman–Crippen LogP) is 1.13. The molecule has 0 atom stereocenters. The third-order valence-corrected chi connectivity index (χ3v) is 3.56. The molecule has 0 aromatic heterocycles. The SMILES string of the molecule is CN(C)C(=O)COc1cc2c(cc1CNC1CC1)OCO2. The molecule has 0 radical (unpaired) electrons. The lowest BCUT2D eigenvalue weighted by molar-refractivity contribution is -0.130. The minimum absolute atomic E-state index is 0.0169. The molecule has 3 rings (SSSR count). The number of carbonyl (C=O) groups is 1. The van der Waals surface area contributed by atoms with E-state index in [1.54, 1.807) is 20.2 Å². The summed E-state index contributed by atoms with van der Waals surface area (Å²) in [5.74, 6) is 1.99. The van der Waals surface area contributed by atoms with E-state index in [0.29, 0.717) is 24.1 Å². The molecule has 1 aromatic rings. The van der Waals surface area contributed by atoms with Crippen molar-refractivity contribution >= 4 is 5.91 Å². The second-order valence-electron chi connectivity index (χ2n) is 5.55. The second-order valence-corrected chi connectivity index (χ2v) is 5.55. The van der Waals surface area contributed by atoms with E-state index < -0.39 is 0 Å². The summed E-state index contributed by atoms with van der Waals surface area (Å²) in [6, 6.07) is 4.33. The molecule has 1 aliphatic carbocycles. The van der Waals surface area contributed by atoms with Crippen LogP contribution in [0.5, 0.6) is 17.2 Å². The summed E-state index contributed by atoms with van der Waals surface area (Å²) < 4.78 is 16.4. The van der Waals surface area contributed by atoms with Gasteiger partial charge in [-0.25, -0.2) is 0 Å². The van der Waals surface area contributed by atoms with Crippen molar-refractivity contribution in [2.75, 3.05) is 27.5 Å². The van der Waals surface area contributed by atoms with E-state index >= 15 is 0 Å². The Balaban J connectivity index is 1.73. The standard InChI is InChI=1S/C15H20N2O4/c1-17(2)15(18)8-19-12-6-14-13(20-9-21-14)5-10(12)7-16-11-3-4-11/h5-6,11,16H,3-4,7-9H2,1-2H3. The number of hydrogen-bond donors (Lipinski definition) is 1. The van der Waals surface area contributed by atoms with Gasteiger partial charge in [0.05, 0.1) is 0 Å². The Morgan fingerprint density at radius 1 is 1.33 bits per heavy atom. The van der Waals surface area contributed by atoms with Crippen LogP contribution in [0.15, 0.2) is 12.1 Å². The van der Waals surface area contributed by atoms with Gasteiger partial charge in [0.2, 0.25) is 6.79 Å². The lowest BCUT2D eigenvalue weighted by atomic mass is 10.1. The maximum Gasteiger partial charge on any atom is 0.259 e. The van der Waals surface area contributed by atoms with Crippen LogP contribution < -0.4 is 19.5 Å². The average molecular weight is 292 g/mol. The van der Waals surface area contributed by atoms with Crippen LogP contribution in [0.1, 0.15) is 18.4 Å². The number of nitrogens with zero attached hydrogens (tertiary/aromatic N) is 1. The summed E-state index contributed by atoms with van der Waals surface area (Å²) in [4.78, 5) is 13.2. The third kappa shape index (κ3) is 3.39. The molecule has 1 aliphatic heterocycles. The third-order valence-electron chi connectivity index (χ3n) is 3.56. The minimum atomic E-state index is -0.0752. The van der Waals surface area contributed by atoms with Crippen molar-refractivity contribution < 1.29 is 19.0 Å². The highest BCUT2D eigenvalue weighted by molar-refractivity contribution is 5.77. The Morgan fingerprint density at radius 3 is 2.71 bits per heavy atom. The maximum absolute atomic E-state index is 11.7. The van der Waals surface area contributed by atoms with Crippen molar-refractivity contribution in [3.8, 4) is 17.2 Å². The first-order valence-corrected chi connectivity index (χ1v) is 7.12. The Bertz CT molecular complexity index is 541. The molecule has 1 amide bonds.